The van der Waals surface area contributed by atoms with E-state index in [1.807, 2.05) is 29.2 Å². The number of benzene rings is 2. The van der Waals surface area contributed by atoms with E-state index in [4.69, 9.17) is 11.6 Å². The number of carbonyl (C=O) groups is 1. The molecule has 4 heteroatoms. The van der Waals surface area contributed by atoms with Gasteiger partial charge in [0.25, 0.3) is 5.91 Å². The molecule has 1 aliphatic carbocycles. The molecule has 1 amide bonds. The first-order chi connectivity index (χ1) is 10.1. The van der Waals surface area contributed by atoms with E-state index in [1.54, 1.807) is 0 Å². The molecule has 0 bridgehead atoms. The second-order valence-electron chi connectivity index (χ2n) is 5.30. The molecule has 21 heavy (non-hydrogen) atoms. The zero-order valence-corrected chi connectivity index (χ0v) is 12.2. The van der Waals surface area contributed by atoms with Crippen LogP contribution in [0.4, 0.5) is 4.39 Å². The van der Waals surface area contributed by atoms with Crippen LogP contribution in [0.2, 0.25) is 5.02 Å². The normalized spacial score (nSPS) is 14.0. The van der Waals surface area contributed by atoms with Gasteiger partial charge in [-0.1, -0.05) is 23.7 Å². The number of nitrogens with zero attached hydrogens (tertiary/aromatic N) is 1. The van der Waals surface area contributed by atoms with Crippen molar-refractivity contribution in [1.82, 2.24) is 4.90 Å². The van der Waals surface area contributed by atoms with Gasteiger partial charge < -0.3 is 4.90 Å². The predicted molar refractivity (Wildman–Crippen MR) is 80.7 cm³/mol. The molecular formula is C17H15ClFNO. The van der Waals surface area contributed by atoms with E-state index in [-0.39, 0.29) is 11.7 Å². The van der Waals surface area contributed by atoms with E-state index in [1.165, 1.54) is 24.3 Å². The minimum absolute atomic E-state index is 0.0487. The average molecular weight is 304 g/mol. The smallest absolute Gasteiger partial charge is 0.254 e. The molecule has 3 rings (SSSR count). The number of carbonyl (C=O) groups excluding carboxylic acids is 1. The molecule has 0 aromatic heterocycles. The van der Waals surface area contributed by atoms with Crippen LogP contribution in [-0.4, -0.2) is 16.8 Å². The van der Waals surface area contributed by atoms with Gasteiger partial charge in [0.05, 0.1) is 0 Å². The van der Waals surface area contributed by atoms with Gasteiger partial charge in [0.2, 0.25) is 0 Å². The van der Waals surface area contributed by atoms with Crippen LogP contribution in [0, 0.1) is 5.82 Å². The molecule has 2 nitrogen and oxygen atoms in total. The highest BCUT2D eigenvalue weighted by Gasteiger charge is 2.33. The van der Waals surface area contributed by atoms with Crippen LogP contribution in [0.1, 0.15) is 28.8 Å². The van der Waals surface area contributed by atoms with Gasteiger partial charge in [-0.25, -0.2) is 4.39 Å². The Hall–Kier alpha value is -1.87. The van der Waals surface area contributed by atoms with Crippen LogP contribution < -0.4 is 0 Å². The summed E-state index contributed by atoms with van der Waals surface area (Å²) < 4.78 is 13.0. The fourth-order valence-corrected chi connectivity index (χ4v) is 2.42. The van der Waals surface area contributed by atoms with Gasteiger partial charge in [-0.2, -0.15) is 0 Å². The van der Waals surface area contributed by atoms with Gasteiger partial charge in [-0.05, 0) is 54.8 Å². The number of hydrogen-bond donors (Lipinski definition) is 0. The number of halogens is 2. The largest absolute Gasteiger partial charge is 0.331 e. The summed E-state index contributed by atoms with van der Waals surface area (Å²) in [7, 11) is 0. The van der Waals surface area contributed by atoms with Gasteiger partial charge in [0.1, 0.15) is 5.82 Å². The monoisotopic (exact) mass is 303 g/mol. The van der Waals surface area contributed by atoms with Gasteiger partial charge >= 0.3 is 0 Å². The summed E-state index contributed by atoms with van der Waals surface area (Å²) in [5.41, 5.74) is 1.57. The summed E-state index contributed by atoms with van der Waals surface area (Å²) in [5, 5.41) is 0.682. The van der Waals surface area contributed by atoms with Crippen molar-refractivity contribution >= 4 is 17.5 Å². The van der Waals surface area contributed by atoms with E-state index in [2.05, 4.69) is 0 Å². The third-order valence-corrected chi connectivity index (χ3v) is 3.86. The number of amides is 1. The molecule has 0 saturated heterocycles. The first kappa shape index (κ1) is 14.1. The molecule has 2 aromatic rings. The average Bonchev–Trinajstić information content (AvgIpc) is 3.31. The molecular weight excluding hydrogens is 289 g/mol. The zero-order valence-electron chi connectivity index (χ0n) is 11.4. The van der Waals surface area contributed by atoms with Crippen molar-refractivity contribution in [2.75, 3.05) is 0 Å². The van der Waals surface area contributed by atoms with Crippen LogP contribution in [-0.2, 0) is 6.54 Å². The maximum Gasteiger partial charge on any atom is 0.254 e. The standard InChI is InChI=1S/C17H15ClFNO/c18-14-5-1-12(2-6-14)11-20(16-9-10-16)17(21)13-3-7-15(19)8-4-13/h1-8,16H,9-11H2. The minimum Gasteiger partial charge on any atom is -0.331 e. The first-order valence-electron chi connectivity index (χ1n) is 6.94. The molecule has 0 N–H and O–H groups in total. The first-order valence-corrected chi connectivity index (χ1v) is 7.32. The van der Waals surface area contributed by atoms with Crippen LogP contribution >= 0.6 is 11.6 Å². The molecule has 2 aromatic carbocycles. The lowest BCUT2D eigenvalue weighted by Gasteiger charge is -2.22. The second-order valence-corrected chi connectivity index (χ2v) is 5.73. The summed E-state index contributed by atoms with van der Waals surface area (Å²) >= 11 is 5.88. The Morgan fingerprint density at radius 3 is 2.29 bits per heavy atom. The van der Waals surface area contributed by atoms with Crippen molar-refractivity contribution in [3.05, 3.63) is 70.5 Å². The lowest BCUT2D eigenvalue weighted by molar-refractivity contribution is 0.0730. The summed E-state index contributed by atoms with van der Waals surface area (Å²) in [4.78, 5) is 14.4. The highest BCUT2D eigenvalue weighted by molar-refractivity contribution is 6.30. The van der Waals surface area contributed by atoms with E-state index < -0.39 is 0 Å². The van der Waals surface area contributed by atoms with Gasteiger partial charge in [-0.3, -0.25) is 4.79 Å². The Morgan fingerprint density at radius 2 is 1.71 bits per heavy atom. The van der Waals surface area contributed by atoms with Gasteiger partial charge in [0, 0.05) is 23.2 Å². The lowest BCUT2D eigenvalue weighted by atomic mass is 10.1. The van der Waals surface area contributed by atoms with Crippen molar-refractivity contribution in [3.63, 3.8) is 0 Å². The van der Waals surface area contributed by atoms with E-state index in [0.717, 1.165) is 18.4 Å². The summed E-state index contributed by atoms with van der Waals surface area (Å²) in [6.07, 6.45) is 2.06. The summed E-state index contributed by atoms with van der Waals surface area (Å²) in [6, 6.07) is 13.5. The van der Waals surface area contributed by atoms with Crippen LogP contribution in [0.25, 0.3) is 0 Å². The van der Waals surface area contributed by atoms with Crippen LogP contribution in [0.15, 0.2) is 48.5 Å². The molecule has 0 spiro atoms. The molecule has 108 valence electrons. The summed E-state index contributed by atoms with van der Waals surface area (Å²) in [6.45, 7) is 0.554. The van der Waals surface area contributed by atoms with Crippen LogP contribution in [0.5, 0.6) is 0 Å². The zero-order chi connectivity index (χ0) is 14.8. The molecule has 0 aliphatic heterocycles. The van der Waals surface area contributed by atoms with Gasteiger partial charge in [-0.15, -0.1) is 0 Å². The molecule has 1 saturated carbocycles. The maximum atomic E-state index is 13.0. The third kappa shape index (κ3) is 3.42. The van der Waals surface area contributed by atoms with E-state index >= 15 is 0 Å². The Morgan fingerprint density at radius 1 is 1.10 bits per heavy atom. The van der Waals surface area contributed by atoms with E-state index in [0.29, 0.717) is 23.2 Å². The second kappa shape index (κ2) is 5.86. The molecule has 0 unspecified atom stereocenters. The summed E-state index contributed by atoms with van der Waals surface area (Å²) in [5.74, 6) is -0.380. The highest BCUT2D eigenvalue weighted by Crippen LogP contribution is 2.30. The third-order valence-electron chi connectivity index (χ3n) is 3.61. The lowest BCUT2D eigenvalue weighted by Crippen LogP contribution is -2.32. The van der Waals surface area contributed by atoms with Gasteiger partial charge in [0.15, 0.2) is 0 Å². The molecule has 0 atom stereocenters. The maximum absolute atomic E-state index is 13.0. The van der Waals surface area contributed by atoms with Crippen molar-refractivity contribution in [3.8, 4) is 0 Å². The molecule has 1 aliphatic rings. The fraction of sp³-hybridized carbons (Fsp3) is 0.235. The SMILES string of the molecule is O=C(c1ccc(F)cc1)N(Cc1ccc(Cl)cc1)C1CC1. The van der Waals surface area contributed by atoms with Crippen molar-refractivity contribution in [2.24, 2.45) is 0 Å². The Balaban J connectivity index is 1.79. The molecule has 0 heterocycles. The fourth-order valence-electron chi connectivity index (χ4n) is 2.30. The number of hydrogen-bond acceptors (Lipinski definition) is 1. The van der Waals surface area contributed by atoms with Crippen molar-refractivity contribution < 1.29 is 9.18 Å². The molecule has 1 fully saturated rings. The van der Waals surface area contributed by atoms with Crippen molar-refractivity contribution in [1.29, 1.82) is 0 Å². The van der Waals surface area contributed by atoms with E-state index in [9.17, 15) is 9.18 Å². The highest BCUT2D eigenvalue weighted by atomic mass is 35.5. The predicted octanol–water partition coefficient (Wildman–Crippen LogP) is 4.28. The Kier molecular flexibility index (Phi) is 3.93. The Labute approximate surface area is 128 Å². The quantitative estimate of drug-likeness (QED) is 0.825. The van der Waals surface area contributed by atoms with Crippen molar-refractivity contribution in [2.45, 2.75) is 25.4 Å². The Bertz CT molecular complexity index is 635. The number of rotatable bonds is 4. The minimum atomic E-state index is -0.331. The van der Waals surface area contributed by atoms with Crippen LogP contribution in [0.3, 0.4) is 0 Å². The topological polar surface area (TPSA) is 20.3 Å². The molecule has 0 radical (unpaired) electrons.